The van der Waals surface area contributed by atoms with Crippen LogP contribution in [0.15, 0.2) is 53.4 Å². The summed E-state index contributed by atoms with van der Waals surface area (Å²) in [7, 11) is -1.72. The Hall–Kier alpha value is -2.49. The molecule has 0 radical (unpaired) electrons. The number of nitrogens with one attached hydrogen (secondary N) is 2. The SMILES string of the molecule is C[NH+]1CCN(S(=O)(=O)c2ccc(NCc3ccccc3)c([N+](=O)[O-])c2)CC1. The average molecular weight is 391 g/mol. The van der Waals surface area contributed by atoms with Crippen molar-refractivity contribution in [3.05, 3.63) is 64.2 Å². The predicted octanol–water partition coefficient (Wildman–Crippen LogP) is 0.726. The lowest BCUT2D eigenvalue weighted by atomic mass is 10.2. The third-order valence-electron chi connectivity index (χ3n) is 4.71. The van der Waals surface area contributed by atoms with Gasteiger partial charge in [-0.15, -0.1) is 0 Å². The Morgan fingerprint density at radius 3 is 2.44 bits per heavy atom. The van der Waals surface area contributed by atoms with E-state index in [-0.39, 0.29) is 10.6 Å². The highest BCUT2D eigenvalue weighted by Crippen LogP contribution is 2.29. The molecule has 2 aromatic rings. The summed E-state index contributed by atoms with van der Waals surface area (Å²) in [4.78, 5) is 12.2. The van der Waals surface area contributed by atoms with Crippen LogP contribution in [0.25, 0.3) is 0 Å². The fourth-order valence-electron chi connectivity index (χ4n) is 3.02. The fourth-order valence-corrected chi connectivity index (χ4v) is 4.48. The molecule has 1 aliphatic heterocycles. The van der Waals surface area contributed by atoms with Crippen LogP contribution >= 0.6 is 0 Å². The summed E-state index contributed by atoms with van der Waals surface area (Å²) < 4.78 is 27.1. The van der Waals surface area contributed by atoms with Crippen molar-refractivity contribution in [3.8, 4) is 0 Å². The first-order valence-corrected chi connectivity index (χ1v) is 10.2. The van der Waals surface area contributed by atoms with Crippen molar-refractivity contribution < 1.29 is 18.2 Å². The highest BCUT2D eigenvalue weighted by molar-refractivity contribution is 7.89. The van der Waals surface area contributed by atoms with E-state index in [9.17, 15) is 18.5 Å². The van der Waals surface area contributed by atoms with Crippen LogP contribution in [0, 0.1) is 10.1 Å². The Labute approximate surface area is 158 Å². The normalized spacial score (nSPS) is 16.2. The second-order valence-corrected chi connectivity index (χ2v) is 8.57. The number of anilines is 1. The summed E-state index contributed by atoms with van der Waals surface area (Å²) in [5, 5.41) is 14.5. The zero-order chi connectivity index (χ0) is 19.4. The minimum absolute atomic E-state index is 0.0426. The monoisotopic (exact) mass is 391 g/mol. The van der Waals surface area contributed by atoms with Crippen LogP contribution in [-0.2, 0) is 16.6 Å². The van der Waals surface area contributed by atoms with Gasteiger partial charge in [-0.1, -0.05) is 30.3 Å². The summed E-state index contributed by atoms with van der Waals surface area (Å²) in [5.74, 6) is 0. The Bertz CT molecular complexity index is 910. The van der Waals surface area contributed by atoms with Gasteiger partial charge in [-0.25, -0.2) is 8.42 Å². The summed E-state index contributed by atoms with van der Waals surface area (Å²) in [6.45, 7) is 2.68. The molecule has 2 N–H and O–H groups in total. The van der Waals surface area contributed by atoms with Gasteiger partial charge in [-0.05, 0) is 17.7 Å². The lowest BCUT2D eigenvalue weighted by Gasteiger charge is -2.29. The number of piperazine rings is 1. The van der Waals surface area contributed by atoms with Crippen LogP contribution in [0.2, 0.25) is 0 Å². The van der Waals surface area contributed by atoms with Crippen LogP contribution in [0.1, 0.15) is 5.56 Å². The first kappa shape index (κ1) is 19.3. The van der Waals surface area contributed by atoms with Crippen LogP contribution in [0.5, 0.6) is 0 Å². The summed E-state index contributed by atoms with van der Waals surface area (Å²) in [6.07, 6.45) is 0. The number of hydrogen-bond acceptors (Lipinski definition) is 5. The number of quaternary nitrogens is 1. The van der Waals surface area contributed by atoms with E-state index in [1.54, 1.807) is 0 Å². The number of benzene rings is 2. The van der Waals surface area contributed by atoms with Crippen LogP contribution in [0.3, 0.4) is 0 Å². The van der Waals surface area contributed by atoms with E-state index >= 15 is 0 Å². The Balaban J connectivity index is 1.83. The molecule has 0 spiro atoms. The molecule has 2 aromatic carbocycles. The number of rotatable bonds is 6. The van der Waals surface area contributed by atoms with E-state index in [0.717, 1.165) is 24.7 Å². The quantitative estimate of drug-likeness (QED) is 0.559. The zero-order valence-electron chi connectivity index (χ0n) is 15.1. The molecular weight excluding hydrogens is 368 g/mol. The molecule has 0 saturated carbocycles. The van der Waals surface area contributed by atoms with Gasteiger partial charge >= 0.3 is 0 Å². The van der Waals surface area contributed by atoms with Crippen molar-refractivity contribution in [1.82, 2.24) is 4.31 Å². The third-order valence-corrected chi connectivity index (χ3v) is 6.60. The van der Waals surface area contributed by atoms with Crippen molar-refractivity contribution >= 4 is 21.4 Å². The lowest BCUT2D eigenvalue weighted by Crippen LogP contribution is -3.12. The number of hydrogen-bond donors (Lipinski definition) is 2. The van der Waals surface area contributed by atoms with Gasteiger partial charge < -0.3 is 10.2 Å². The molecule has 0 bridgehead atoms. The Kier molecular flexibility index (Phi) is 5.73. The molecule has 1 aliphatic rings. The highest BCUT2D eigenvalue weighted by atomic mass is 32.2. The van der Waals surface area contributed by atoms with Gasteiger partial charge in [0.05, 0.1) is 43.0 Å². The molecule has 27 heavy (non-hydrogen) atoms. The third kappa shape index (κ3) is 4.44. The minimum atomic E-state index is -3.74. The smallest absolute Gasteiger partial charge is 0.293 e. The van der Waals surface area contributed by atoms with Crippen molar-refractivity contribution in [2.75, 3.05) is 38.5 Å². The maximum Gasteiger partial charge on any atom is 0.293 e. The summed E-state index contributed by atoms with van der Waals surface area (Å²) in [6, 6.07) is 13.5. The molecule has 0 unspecified atom stereocenters. The zero-order valence-corrected chi connectivity index (χ0v) is 15.9. The molecule has 1 fully saturated rings. The number of nitro groups is 1. The molecular formula is C18H23N4O4S+. The number of sulfonamides is 1. The van der Waals surface area contributed by atoms with Crippen LogP contribution < -0.4 is 10.2 Å². The molecule has 0 aromatic heterocycles. The van der Waals surface area contributed by atoms with E-state index in [2.05, 4.69) is 5.32 Å². The van der Waals surface area contributed by atoms with E-state index < -0.39 is 14.9 Å². The first-order chi connectivity index (χ1) is 12.9. The minimum Gasteiger partial charge on any atom is -0.375 e. The average Bonchev–Trinajstić information content (AvgIpc) is 2.67. The molecule has 8 nitrogen and oxygen atoms in total. The molecule has 144 valence electrons. The van der Waals surface area contributed by atoms with Crippen molar-refractivity contribution in [2.45, 2.75) is 11.4 Å². The van der Waals surface area contributed by atoms with Gasteiger partial charge in [0.25, 0.3) is 5.69 Å². The van der Waals surface area contributed by atoms with Gasteiger partial charge in [0.1, 0.15) is 5.69 Å². The van der Waals surface area contributed by atoms with Gasteiger partial charge in [0, 0.05) is 12.6 Å². The summed E-state index contributed by atoms with van der Waals surface area (Å²) in [5.41, 5.74) is 1.03. The van der Waals surface area contributed by atoms with Gasteiger partial charge in [-0.2, -0.15) is 4.31 Å². The molecule has 1 heterocycles. The van der Waals surface area contributed by atoms with Crippen molar-refractivity contribution in [2.24, 2.45) is 0 Å². The molecule has 1 saturated heterocycles. The molecule has 9 heteroatoms. The standard InChI is InChI=1S/C18H22N4O4S/c1-20-9-11-21(12-10-20)27(25,26)16-7-8-17(18(13-16)22(23)24)19-14-15-5-3-2-4-6-15/h2-8,13,19H,9-12,14H2,1H3/p+1. The van der Waals surface area contributed by atoms with Crippen molar-refractivity contribution in [3.63, 3.8) is 0 Å². The molecule has 0 amide bonds. The maximum absolute atomic E-state index is 12.8. The Morgan fingerprint density at radius 2 is 1.81 bits per heavy atom. The fraction of sp³-hybridized carbons (Fsp3) is 0.333. The van der Waals surface area contributed by atoms with E-state index in [1.165, 1.54) is 21.3 Å². The van der Waals surface area contributed by atoms with Crippen molar-refractivity contribution in [1.29, 1.82) is 0 Å². The first-order valence-electron chi connectivity index (χ1n) is 8.75. The lowest BCUT2D eigenvalue weighted by molar-refractivity contribution is -0.883. The molecule has 3 rings (SSSR count). The largest absolute Gasteiger partial charge is 0.375 e. The van der Waals surface area contributed by atoms with Gasteiger partial charge in [-0.3, -0.25) is 10.1 Å². The summed E-state index contributed by atoms with van der Waals surface area (Å²) >= 11 is 0. The molecule has 0 atom stereocenters. The number of nitrogens with zero attached hydrogens (tertiary/aromatic N) is 2. The van der Waals surface area contributed by atoms with E-state index in [1.807, 2.05) is 37.4 Å². The highest BCUT2D eigenvalue weighted by Gasteiger charge is 2.31. The Morgan fingerprint density at radius 1 is 1.15 bits per heavy atom. The van der Waals surface area contributed by atoms with Gasteiger partial charge in [0.15, 0.2) is 0 Å². The van der Waals surface area contributed by atoms with Crippen LogP contribution in [0.4, 0.5) is 11.4 Å². The second kappa shape index (κ2) is 8.03. The maximum atomic E-state index is 12.8. The molecule has 0 aliphatic carbocycles. The van der Waals surface area contributed by atoms with E-state index in [4.69, 9.17) is 0 Å². The second-order valence-electron chi connectivity index (χ2n) is 6.64. The van der Waals surface area contributed by atoms with E-state index in [0.29, 0.717) is 25.3 Å². The topological polar surface area (TPSA) is 97.0 Å². The van der Waals surface area contributed by atoms with Crippen LogP contribution in [-0.4, -0.2) is 50.9 Å². The number of nitro benzene ring substituents is 1. The predicted molar refractivity (Wildman–Crippen MR) is 102 cm³/mol. The number of likely N-dealkylation sites (N-methyl/N-ethyl adjacent to an activating group) is 1. The van der Waals surface area contributed by atoms with Gasteiger partial charge in [0.2, 0.25) is 10.0 Å².